The number of hydrogen-bond acceptors (Lipinski definition) is 3. The van der Waals surface area contributed by atoms with Crippen LogP contribution in [0.4, 0.5) is 5.82 Å². The Balaban J connectivity index is 2.88. The molecule has 0 bridgehead atoms. The quantitative estimate of drug-likeness (QED) is 0.871. The highest BCUT2D eigenvalue weighted by Crippen LogP contribution is 2.20. The van der Waals surface area contributed by atoms with Crippen LogP contribution in [-0.2, 0) is 6.54 Å². The van der Waals surface area contributed by atoms with Crippen molar-refractivity contribution in [1.82, 2.24) is 10.3 Å². The molecule has 0 amide bonds. The van der Waals surface area contributed by atoms with Gasteiger partial charge in [0.05, 0.1) is 0 Å². The van der Waals surface area contributed by atoms with Crippen LogP contribution in [-0.4, -0.2) is 25.1 Å². The molecule has 1 aromatic rings. The van der Waals surface area contributed by atoms with Crippen molar-refractivity contribution in [2.75, 3.05) is 25.0 Å². The topological polar surface area (TPSA) is 28.2 Å². The predicted octanol–water partition coefficient (Wildman–Crippen LogP) is 2.80. The van der Waals surface area contributed by atoms with Crippen LogP contribution >= 0.6 is 15.9 Å². The lowest BCUT2D eigenvalue weighted by Crippen LogP contribution is -2.22. The maximum absolute atomic E-state index is 4.49. The van der Waals surface area contributed by atoms with Gasteiger partial charge in [-0.3, -0.25) is 0 Å². The summed E-state index contributed by atoms with van der Waals surface area (Å²) in [5.41, 5.74) is 1.24. The molecule has 16 heavy (non-hydrogen) atoms. The molecule has 1 aromatic heterocycles. The molecule has 0 unspecified atom stereocenters. The van der Waals surface area contributed by atoms with E-state index in [1.165, 1.54) is 5.56 Å². The van der Waals surface area contributed by atoms with E-state index in [-0.39, 0.29) is 0 Å². The van der Waals surface area contributed by atoms with E-state index >= 15 is 0 Å². The maximum Gasteiger partial charge on any atom is 0.132 e. The van der Waals surface area contributed by atoms with Crippen molar-refractivity contribution in [2.45, 2.75) is 26.8 Å². The summed E-state index contributed by atoms with van der Waals surface area (Å²) >= 11 is 3.47. The number of nitrogens with zero attached hydrogens (tertiary/aromatic N) is 2. The standard InChI is InChI=1S/C12H20BrN3/c1-4-6-16(3)12-10(8-14-5-2)7-11(13)9-15-12/h7,9,14H,4-6,8H2,1-3H3. The molecule has 1 heterocycles. The SMILES string of the molecule is CCCN(C)c1ncc(Br)cc1CNCC. The van der Waals surface area contributed by atoms with Crippen LogP contribution in [0.25, 0.3) is 0 Å². The molecule has 0 fully saturated rings. The number of pyridine rings is 1. The number of hydrogen-bond donors (Lipinski definition) is 1. The number of anilines is 1. The molecule has 0 aromatic carbocycles. The number of rotatable bonds is 6. The van der Waals surface area contributed by atoms with E-state index in [1.807, 2.05) is 6.20 Å². The summed E-state index contributed by atoms with van der Waals surface area (Å²) in [5.74, 6) is 1.08. The Morgan fingerprint density at radius 1 is 1.44 bits per heavy atom. The maximum atomic E-state index is 4.49. The van der Waals surface area contributed by atoms with E-state index < -0.39 is 0 Å². The van der Waals surface area contributed by atoms with Crippen molar-refractivity contribution in [3.05, 3.63) is 22.3 Å². The van der Waals surface area contributed by atoms with Crippen molar-refractivity contribution >= 4 is 21.7 Å². The molecule has 4 heteroatoms. The van der Waals surface area contributed by atoms with Crippen LogP contribution in [0.1, 0.15) is 25.8 Å². The first-order valence-corrected chi connectivity index (χ1v) is 6.54. The van der Waals surface area contributed by atoms with Gasteiger partial charge in [-0.25, -0.2) is 4.98 Å². The highest BCUT2D eigenvalue weighted by Gasteiger charge is 2.08. The molecule has 1 N–H and O–H groups in total. The van der Waals surface area contributed by atoms with Gasteiger partial charge in [0.25, 0.3) is 0 Å². The minimum absolute atomic E-state index is 0.867. The summed E-state index contributed by atoms with van der Waals surface area (Å²) in [7, 11) is 2.09. The van der Waals surface area contributed by atoms with Gasteiger partial charge in [-0.05, 0) is 35.0 Å². The first kappa shape index (κ1) is 13.5. The third-order valence-corrected chi connectivity index (χ3v) is 2.83. The van der Waals surface area contributed by atoms with Gasteiger partial charge in [0.1, 0.15) is 5.82 Å². The summed E-state index contributed by atoms with van der Waals surface area (Å²) in [5, 5.41) is 3.34. The number of halogens is 1. The summed E-state index contributed by atoms with van der Waals surface area (Å²) in [6.45, 7) is 7.17. The van der Waals surface area contributed by atoms with E-state index in [0.717, 1.165) is 36.3 Å². The predicted molar refractivity (Wildman–Crippen MR) is 72.9 cm³/mol. The molecular formula is C12H20BrN3. The smallest absolute Gasteiger partial charge is 0.132 e. The van der Waals surface area contributed by atoms with Gasteiger partial charge in [-0.1, -0.05) is 13.8 Å². The van der Waals surface area contributed by atoms with Crippen LogP contribution < -0.4 is 10.2 Å². The number of nitrogens with one attached hydrogen (secondary N) is 1. The Kier molecular flexibility index (Phi) is 5.77. The third kappa shape index (κ3) is 3.76. The molecule has 0 atom stereocenters. The van der Waals surface area contributed by atoms with Gasteiger partial charge < -0.3 is 10.2 Å². The number of aromatic nitrogens is 1. The average Bonchev–Trinajstić information content (AvgIpc) is 2.26. The zero-order valence-electron chi connectivity index (χ0n) is 10.3. The minimum atomic E-state index is 0.867. The molecule has 0 spiro atoms. The first-order chi connectivity index (χ1) is 7.69. The van der Waals surface area contributed by atoms with E-state index in [0.29, 0.717) is 0 Å². The van der Waals surface area contributed by atoms with Gasteiger partial charge in [-0.2, -0.15) is 0 Å². The third-order valence-electron chi connectivity index (χ3n) is 2.40. The lowest BCUT2D eigenvalue weighted by molar-refractivity contribution is 0.717. The van der Waals surface area contributed by atoms with E-state index in [4.69, 9.17) is 0 Å². The second-order valence-electron chi connectivity index (χ2n) is 3.84. The molecule has 0 radical (unpaired) electrons. The molecule has 3 nitrogen and oxygen atoms in total. The molecule has 1 rings (SSSR count). The largest absolute Gasteiger partial charge is 0.359 e. The molecule has 0 aliphatic rings. The van der Waals surface area contributed by atoms with Gasteiger partial charge in [-0.15, -0.1) is 0 Å². The second-order valence-corrected chi connectivity index (χ2v) is 4.75. The fourth-order valence-electron chi connectivity index (χ4n) is 1.65. The Labute approximate surface area is 106 Å². The fourth-order valence-corrected chi connectivity index (χ4v) is 2.03. The summed E-state index contributed by atoms with van der Waals surface area (Å²) in [4.78, 5) is 6.70. The highest BCUT2D eigenvalue weighted by atomic mass is 79.9. The molecular weight excluding hydrogens is 266 g/mol. The Morgan fingerprint density at radius 3 is 2.81 bits per heavy atom. The van der Waals surface area contributed by atoms with Crippen molar-refractivity contribution in [3.8, 4) is 0 Å². The van der Waals surface area contributed by atoms with E-state index in [9.17, 15) is 0 Å². The summed E-state index contributed by atoms with van der Waals surface area (Å²) in [6, 6.07) is 2.14. The molecule has 0 aliphatic heterocycles. The second kappa shape index (κ2) is 6.86. The van der Waals surface area contributed by atoms with Gasteiger partial charge in [0.15, 0.2) is 0 Å². The average molecular weight is 286 g/mol. The summed E-state index contributed by atoms with van der Waals surface area (Å²) < 4.78 is 1.04. The zero-order chi connectivity index (χ0) is 12.0. The van der Waals surface area contributed by atoms with Crippen molar-refractivity contribution < 1.29 is 0 Å². The Morgan fingerprint density at radius 2 is 2.19 bits per heavy atom. The van der Waals surface area contributed by atoms with Crippen molar-refractivity contribution in [3.63, 3.8) is 0 Å². The highest BCUT2D eigenvalue weighted by molar-refractivity contribution is 9.10. The molecule has 0 aliphatic carbocycles. The normalized spacial score (nSPS) is 10.5. The van der Waals surface area contributed by atoms with Crippen LogP contribution in [0, 0.1) is 0 Å². The first-order valence-electron chi connectivity index (χ1n) is 5.75. The monoisotopic (exact) mass is 285 g/mol. The van der Waals surface area contributed by atoms with E-state index in [2.05, 4.69) is 58.1 Å². The molecule has 0 saturated carbocycles. The van der Waals surface area contributed by atoms with Gasteiger partial charge in [0, 0.05) is 36.4 Å². The van der Waals surface area contributed by atoms with Gasteiger partial charge in [0.2, 0.25) is 0 Å². The van der Waals surface area contributed by atoms with E-state index in [1.54, 1.807) is 0 Å². The fraction of sp³-hybridized carbons (Fsp3) is 0.583. The molecule has 0 saturated heterocycles. The van der Waals surface area contributed by atoms with Crippen LogP contribution in [0.5, 0.6) is 0 Å². The minimum Gasteiger partial charge on any atom is -0.359 e. The Hall–Kier alpha value is -0.610. The lowest BCUT2D eigenvalue weighted by Gasteiger charge is -2.20. The summed E-state index contributed by atoms with van der Waals surface area (Å²) in [6.07, 6.45) is 2.99. The van der Waals surface area contributed by atoms with Crippen LogP contribution in [0.3, 0.4) is 0 Å². The van der Waals surface area contributed by atoms with Crippen molar-refractivity contribution in [2.24, 2.45) is 0 Å². The van der Waals surface area contributed by atoms with Crippen molar-refractivity contribution in [1.29, 1.82) is 0 Å². The zero-order valence-corrected chi connectivity index (χ0v) is 11.8. The van der Waals surface area contributed by atoms with Crippen LogP contribution in [0.15, 0.2) is 16.7 Å². The Bertz CT molecular complexity index is 328. The molecule has 90 valence electrons. The lowest BCUT2D eigenvalue weighted by atomic mass is 10.2. The van der Waals surface area contributed by atoms with Crippen LogP contribution in [0.2, 0.25) is 0 Å². The van der Waals surface area contributed by atoms with Gasteiger partial charge >= 0.3 is 0 Å².